The van der Waals surface area contributed by atoms with Crippen molar-refractivity contribution in [2.45, 2.75) is 38.0 Å². The third kappa shape index (κ3) is 4.79. The van der Waals surface area contributed by atoms with Crippen LogP contribution < -0.4 is 10.1 Å². The zero-order valence-electron chi connectivity index (χ0n) is 15.1. The molecule has 4 nitrogen and oxygen atoms in total. The van der Waals surface area contributed by atoms with Crippen molar-refractivity contribution < 1.29 is 13.9 Å². The van der Waals surface area contributed by atoms with Crippen molar-refractivity contribution in [3.63, 3.8) is 0 Å². The minimum absolute atomic E-state index is 0. The molecule has 4 rings (SSSR count). The highest BCUT2D eigenvalue weighted by Crippen LogP contribution is 2.22. The molecule has 1 N–H and O–H groups in total. The summed E-state index contributed by atoms with van der Waals surface area (Å²) in [6, 6.07) is 14.6. The molecule has 0 spiro atoms. The fourth-order valence-electron chi connectivity index (χ4n) is 3.83. The average Bonchev–Trinajstić information content (AvgIpc) is 2.98. The molecule has 2 fully saturated rings. The molecule has 2 unspecified atom stereocenters. The van der Waals surface area contributed by atoms with Crippen molar-refractivity contribution in [2.24, 2.45) is 0 Å². The second-order valence-electron chi connectivity index (χ2n) is 7.12. The summed E-state index contributed by atoms with van der Waals surface area (Å²) in [7, 11) is 0. The second kappa shape index (κ2) is 8.72. The standard InChI is InChI=1S/C21H23FN2O2.ClH/c22-17-5-2-6-20(12-17)26-14-15-3-1-4-16(11-15)21(25)24-10-9-18-7-8-19(13-24)23-18;/h1-6,11-12,18-19,23H,7-10,13-14H2;1H. The Morgan fingerprint density at radius 1 is 1.11 bits per heavy atom. The zero-order valence-corrected chi connectivity index (χ0v) is 15.9. The maximum absolute atomic E-state index is 13.2. The number of ether oxygens (including phenoxy) is 1. The highest BCUT2D eigenvalue weighted by molar-refractivity contribution is 5.94. The van der Waals surface area contributed by atoms with Gasteiger partial charge in [0.15, 0.2) is 0 Å². The van der Waals surface area contributed by atoms with E-state index in [4.69, 9.17) is 4.74 Å². The fraction of sp³-hybridized carbons (Fsp3) is 0.381. The summed E-state index contributed by atoms with van der Waals surface area (Å²) in [6.45, 7) is 1.88. The van der Waals surface area contributed by atoms with Crippen LogP contribution in [0.15, 0.2) is 48.5 Å². The molecule has 2 heterocycles. The van der Waals surface area contributed by atoms with Crippen molar-refractivity contribution in [2.75, 3.05) is 13.1 Å². The van der Waals surface area contributed by atoms with Gasteiger partial charge in [-0.3, -0.25) is 4.79 Å². The van der Waals surface area contributed by atoms with E-state index in [-0.39, 0.29) is 24.1 Å². The molecule has 2 saturated heterocycles. The van der Waals surface area contributed by atoms with Gasteiger partial charge in [0.2, 0.25) is 0 Å². The Morgan fingerprint density at radius 2 is 1.93 bits per heavy atom. The molecule has 144 valence electrons. The first-order valence-corrected chi connectivity index (χ1v) is 9.20. The number of rotatable bonds is 4. The molecule has 2 aliphatic rings. The number of benzene rings is 2. The predicted molar refractivity (Wildman–Crippen MR) is 105 cm³/mol. The fourth-order valence-corrected chi connectivity index (χ4v) is 3.83. The number of amides is 1. The normalized spacial score (nSPS) is 21.3. The number of nitrogens with one attached hydrogen (secondary N) is 1. The molecule has 2 atom stereocenters. The SMILES string of the molecule is Cl.O=C(c1cccc(COc2cccc(F)c2)c1)N1CCC2CCC(C1)N2. The van der Waals surface area contributed by atoms with E-state index in [2.05, 4.69) is 5.32 Å². The second-order valence-corrected chi connectivity index (χ2v) is 7.12. The highest BCUT2D eigenvalue weighted by Gasteiger charge is 2.31. The van der Waals surface area contributed by atoms with E-state index >= 15 is 0 Å². The molecule has 0 saturated carbocycles. The number of carbonyl (C=O) groups is 1. The molecule has 27 heavy (non-hydrogen) atoms. The van der Waals surface area contributed by atoms with Crippen molar-refractivity contribution >= 4 is 18.3 Å². The van der Waals surface area contributed by atoms with Gasteiger partial charge in [0.1, 0.15) is 18.2 Å². The summed E-state index contributed by atoms with van der Waals surface area (Å²) >= 11 is 0. The Bertz CT molecular complexity index is 801. The number of hydrogen-bond acceptors (Lipinski definition) is 3. The molecular weight excluding hydrogens is 367 g/mol. The number of hydrogen-bond donors (Lipinski definition) is 1. The lowest BCUT2D eigenvalue weighted by Gasteiger charge is -2.24. The minimum Gasteiger partial charge on any atom is -0.489 e. The number of carbonyl (C=O) groups excluding carboxylic acids is 1. The van der Waals surface area contributed by atoms with Gasteiger partial charge in [-0.15, -0.1) is 12.4 Å². The highest BCUT2D eigenvalue weighted by atomic mass is 35.5. The van der Waals surface area contributed by atoms with Crippen molar-refractivity contribution in [3.8, 4) is 5.75 Å². The Labute approximate surface area is 165 Å². The van der Waals surface area contributed by atoms with Crippen LogP contribution in [0.5, 0.6) is 5.75 Å². The van der Waals surface area contributed by atoms with Gasteiger partial charge >= 0.3 is 0 Å². The first-order chi connectivity index (χ1) is 12.7. The van der Waals surface area contributed by atoms with Crippen LogP contribution in [0.4, 0.5) is 4.39 Å². The molecule has 0 radical (unpaired) electrons. The van der Waals surface area contributed by atoms with Crippen LogP contribution in [0.3, 0.4) is 0 Å². The van der Waals surface area contributed by atoms with Crippen molar-refractivity contribution in [3.05, 3.63) is 65.5 Å². The summed E-state index contributed by atoms with van der Waals surface area (Å²) in [5, 5.41) is 3.60. The van der Waals surface area contributed by atoms with Crippen LogP contribution >= 0.6 is 12.4 Å². The lowest BCUT2D eigenvalue weighted by Crippen LogP contribution is -2.39. The summed E-state index contributed by atoms with van der Waals surface area (Å²) in [5.74, 6) is 0.235. The summed E-state index contributed by atoms with van der Waals surface area (Å²) in [6.07, 6.45) is 3.39. The van der Waals surface area contributed by atoms with Crippen LogP contribution in [0.2, 0.25) is 0 Å². The molecule has 2 aromatic rings. The van der Waals surface area contributed by atoms with Crippen molar-refractivity contribution in [1.82, 2.24) is 10.2 Å². The first kappa shape index (κ1) is 19.6. The summed E-state index contributed by atoms with van der Waals surface area (Å²) in [4.78, 5) is 14.9. The predicted octanol–water partition coefficient (Wildman–Crippen LogP) is 3.79. The van der Waals surface area contributed by atoms with E-state index in [1.54, 1.807) is 12.1 Å². The smallest absolute Gasteiger partial charge is 0.253 e. The average molecular weight is 391 g/mol. The van der Waals surface area contributed by atoms with Crippen LogP contribution in [0.1, 0.15) is 35.2 Å². The molecule has 2 aromatic carbocycles. The number of fused-ring (bicyclic) bond motifs is 2. The van der Waals surface area contributed by atoms with E-state index in [1.165, 1.54) is 18.6 Å². The van der Waals surface area contributed by atoms with Crippen LogP contribution in [0.25, 0.3) is 0 Å². The quantitative estimate of drug-likeness (QED) is 0.863. The van der Waals surface area contributed by atoms with Crippen LogP contribution in [0, 0.1) is 5.82 Å². The number of halogens is 2. The Kier molecular flexibility index (Phi) is 6.34. The lowest BCUT2D eigenvalue weighted by molar-refractivity contribution is 0.0748. The molecule has 1 amide bonds. The molecule has 2 aliphatic heterocycles. The number of likely N-dealkylation sites (tertiary alicyclic amines) is 1. The third-order valence-corrected chi connectivity index (χ3v) is 5.19. The van der Waals surface area contributed by atoms with Crippen LogP contribution in [-0.4, -0.2) is 36.0 Å². The maximum Gasteiger partial charge on any atom is 0.253 e. The van der Waals surface area contributed by atoms with E-state index in [9.17, 15) is 9.18 Å². The molecule has 6 heteroatoms. The van der Waals surface area contributed by atoms with Crippen LogP contribution in [-0.2, 0) is 6.61 Å². The van der Waals surface area contributed by atoms with Gasteiger partial charge in [0.25, 0.3) is 5.91 Å². The molecule has 0 aliphatic carbocycles. The minimum atomic E-state index is -0.324. The maximum atomic E-state index is 13.2. The molecular formula is C21H24ClFN2O2. The third-order valence-electron chi connectivity index (χ3n) is 5.19. The van der Waals surface area contributed by atoms with E-state index in [1.807, 2.05) is 29.2 Å². The Morgan fingerprint density at radius 3 is 2.78 bits per heavy atom. The lowest BCUT2D eigenvalue weighted by atomic mass is 10.1. The molecule has 2 bridgehead atoms. The van der Waals surface area contributed by atoms with Gasteiger partial charge in [-0.05, 0) is 49.1 Å². The summed E-state index contributed by atoms with van der Waals surface area (Å²) < 4.78 is 18.9. The van der Waals surface area contributed by atoms with Gasteiger partial charge in [0, 0.05) is 36.8 Å². The van der Waals surface area contributed by atoms with Gasteiger partial charge in [-0.25, -0.2) is 4.39 Å². The van der Waals surface area contributed by atoms with E-state index in [0.29, 0.717) is 30.0 Å². The monoisotopic (exact) mass is 390 g/mol. The van der Waals surface area contributed by atoms with Gasteiger partial charge in [0.05, 0.1) is 0 Å². The Hall–Kier alpha value is -2.11. The van der Waals surface area contributed by atoms with Crippen molar-refractivity contribution in [1.29, 1.82) is 0 Å². The van der Waals surface area contributed by atoms with Gasteiger partial charge in [-0.2, -0.15) is 0 Å². The van der Waals surface area contributed by atoms with Gasteiger partial charge < -0.3 is 15.0 Å². The molecule has 0 aromatic heterocycles. The van der Waals surface area contributed by atoms with E-state index in [0.717, 1.165) is 31.5 Å². The zero-order chi connectivity index (χ0) is 17.9. The largest absolute Gasteiger partial charge is 0.489 e. The number of nitrogens with zero attached hydrogens (tertiary/aromatic N) is 1. The van der Waals surface area contributed by atoms with E-state index < -0.39 is 0 Å². The first-order valence-electron chi connectivity index (χ1n) is 9.20. The topological polar surface area (TPSA) is 41.6 Å². The Balaban J connectivity index is 0.00000210. The van der Waals surface area contributed by atoms with Gasteiger partial charge in [-0.1, -0.05) is 18.2 Å². The summed E-state index contributed by atoms with van der Waals surface area (Å²) in [5.41, 5.74) is 1.58.